The lowest BCUT2D eigenvalue weighted by atomic mass is 10.1. The van der Waals surface area contributed by atoms with Crippen LogP contribution in [0, 0.1) is 13.8 Å². The molecule has 0 heterocycles. The van der Waals surface area contributed by atoms with Crippen molar-refractivity contribution in [3.8, 4) is 5.75 Å². The number of hydrogen-bond donors (Lipinski definition) is 0. The quantitative estimate of drug-likeness (QED) is 0.423. The highest BCUT2D eigenvalue weighted by atomic mass is 16.5. The largest absolute Gasteiger partial charge is 0.494 e. The number of benzene rings is 2. The first-order chi connectivity index (χ1) is 12.5. The number of aryl methyl sites for hydroxylation is 1. The molecular weight excluding hydrogens is 328 g/mol. The number of carbonyl (C=O) groups excluding carboxylic acids is 1. The van der Waals surface area contributed by atoms with E-state index in [1.54, 1.807) is 25.6 Å². The van der Waals surface area contributed by atoms with Gasteiger partial charge in [0.2, 0.25) is 0 Å². The molecule has 0 amide bonds. The van der Waals surface area contributed by atoms with Crippen LogP contribution in [0.5, 0.6) is 5.75 Å². The minimum atomic E-state index is -0.373. The van der Waals surface area contributed by atoms with Crippen LogP contribution in [-0.2, 0) is 11.3 Å². The Balaban J connectivity index is 2.16. The Hall–Kier alpha value is -2.82. The zero-order chi connectivity index (χ0) is 19.1. The molecule has 0 aliphatic rings. The lowest BCUT2D eigenvalue weighted by Crippen LogP contribution is -2.14. The van der Waals surface area contributed by atoms with Crippen LogP contribution in [0.15, 0.2) is 41.4 Å². The minimum absolute atomic E-state index is 0.238. The van der Waals surface area contributed by atoms with E-state index in [0.717, 1.165) is 17.7 Å². The fraction of sp³-hybridized carbons (Fsp3) is 0.333. The topological polar surface area (TPSA) is 51.1 Å². The van der Waals surface area contributed by atoms with E-state index in [9.17, 15) is 4.79 Å². The fourth-order valence-electron chi connectivity index (χ4n) is 2.41. The van der Waals surface area contributed by atoms with Gasteiger partial charge in [0.15, 0.2) is 0 Å². The molecule has 5 nitrogen and oxygen atoms in total. The lowest BCUT2D eigenvalue weighted by Gasteiger charge is -2.14. The lowest BCUT2D eigenvalue weighted by molar-refractivity contribution is 0.0471. The Morgan fingerprint density at radius 2 is 1.85 bits per heavy atom. The van der Waals surface area contributed by atoms with E-state index in [0.29, 0.717) is 17.0 Å². The van der Waals surface area contributed by atoms with Crippen LogP contribution in [0.3, 0.4) is 0 Å². The first kappa shape index (κ1) is 19.5. The molecule has 0 atom stereocenters. The van der Waals surface area contributed by atoms with Gasteiger partial charge in [-0.2, -0.15) is 0 Å². The minimum Gasteiger partial charge on any atom is -0.494 e. The molecule has 0 saturated carbocycles. The van der Waals surface area contributed by atoms with E-state index in [4.69, 9.17) is 9.47 Å². The van der Waals surface area contributed by atoms with Crippen molar-refractivity contribution in [3.05, 3.63) is 58.7 Å². The average Bonchev–Trinajstić information content (AvgIpc) is 2.65. The standard InChI is InChI=1S/C21H26N2O3/c1-6-23(4)14-22-19-12-11-18(16(3)20(19)25-5)21(24)26-13-17-9-7-15(2)8-10-17/h7-12,14H,6,13H2,1-5H3. The van der Waals surface area contributed by atoms with Crippen molar-refractivity contribution >= 4 is 18.0 Å². The van der Waals surface area contributed by atoms with Gasteiger partial charge in [-0.25, -0.2) is 9.79 Å². The number of aliphatic imine (C=N–C) groups is 1. The second kappa shape index (κ2) is 9.04. The highest BCUT2D eigenvalue weighted by Crippen LogP contribution is 2.33. The second-order valence-electron chi connectivity index (χ2n) is 6.17. The summed E-state index contributed by atoms with van der Waals surface area (Å²) in [6, 6.07) is 11.4. The van der Waals surface area contributed by atoms with Crippen molar-refractivity contribution in [2.24, 2.45) is 4.99 Å². The molecule has 2 rings (SSSR count). The normalized spacial score (nSPS) is 10.8. The van der Waals surface area contributed by atoms with Gasteiger partial charge >= 0.3 is 5.97 Å². The van der Waals surface area contributed by atoms with Gasteiger partial charge in [-0.3, -0.25) is 0 Å². The summed E-state index contributed by atoms with van der Waals surface area (Å²) in [6.07, 6.45) is 1.74. The van der Waals surface area contributed by atoms with Crippen LogP contribution in [-0.4, -0.2) is 37.9 Å². The summed E-state index contributed by atoms with van der Waals surface area (Å²) in [4.78, 5) is 18.9. The molecule has 0 bridgehead atoms. The Kier molecular flexibility index (Phi) is 6.78. The molecule has 0 N–H and O–H groups in total. The summed E-state index contributed by atoms with van der Waals surface area (Å²) in [5, 5.41) is 0. The van der Waals surface area contributed by atoms with Crippen LogP contribution in [0.2, 0.25) is 0 Å². The van der Waals surface area contributed by atoms with Gasteiger partial charge in [0, 0.05) is 19.2 Å². The predicted molar refractivity (Wildman–Crippen MR) is 104 cm³/mol. The van der Waals surface area contributed by atoms with Crippen molar-refractivity contribution < 1.29 is 14.3 Å². The molecule has 2 aromatic rings. The van der Waals surface area contributed by atoms with Crippen LogP contribution in [0.25, 0.3) is 0 Å². The van der Waals surface area contributed by atoms with Gasteiger partial charge in [0.25, 0.3) is 0 Å². The van der Waals surface area contributed by atoms with Gasteiger partial charge < -0.3 is 14.4 Å². The monoisotopic (exact) mass is 354 g/mol. The van der Waals surface area contributed by atoms with E-state index < -0.39 is 0 Å². The number of rotatable bonds is 7. The fourth-order valence-corrected chi connectivity index (χ4v) is 2.41. The third-order valence-electron chi connectivity index (χ3n) is 4.19. The van der Waals surface area contributed by atoms with Crippen molar-refractivity contribution in [1.82, 2.24) is 4.90 Å². The molecule has 0 aliphatic heterocycles. The maximum Gasteiger partial charge on any atom is 0.338 e. The summed E-state index contributed by atoms with van der Waals surface area (Å²) < 4.78 is 10.9. The average molecular weight is 354 g/mol. The molecule has 138 valence electrons. The Morgan fingerprint density at radius 1 is 1.15 bits per heavy atom. The Morgan fingerprint density at radius 3 is 2.46 bits per heavy atom. The van der Waals surface area contributed by atoms with Gasteiger partial charge in [-0.05, 0) is 38.5 Å². The number of carbonyl (C=O) groups is 1. The van der Waals surface area contributed by atoms with Crippen molar-refractivity contribution in [2.75, 3.05) is 20.7 Å². The Labute approximate surface area is 155 Å². The zero-order valence-electron chi connectivity index (χ0n) is 16.1. The summed E-state index contributed by atoms with van der Waals surface area (Å²) >= 11 is 0. The van der Waals surface area contributed by atoms with Crippen LogP contribution < -0.4 is 4.74 Å². The number of hydrogen-bond acceptors (Lipinski definition) is 4. The molecule has 26 heavy (non-hydrogen) atoms. The summed E-state index contributed by atoms with van der Waals surface area (Å²) in [6.45, 7) is 7.00. The van der Waals surface area contributed by atoms with Crippen molar-refractivity contribution in [1.29, 1.82) is 0 Å². The maximum absolute atomic E-state index is 12.5. The van der Waals surface area contributed by atoms with E-state index in [1.165, 1.54) is 5.56 Å². The van der Waals surface area contributed by atoms with E-state index >= 15 is 0 Å². The van der Waals surface area contributed by atoms with Gasteiger partial charge in [-0.15, -0.1) is 0 Å². The van der Waals surface area contributed by atoms with E-state index in [-0.39, 0.29) is 12.6 Å². The molecule has 0 unspecified atom stereocenters. The van der Waals surface area contributed by atoms with Gasteiger partial charge in [0.1, 0.15) is 18.0 Å². The number of esters is 1. The molecule has 0 radical (unpaired) electrons. The highest BCUT2D eigenvalue weighted by Gasteiger charge is 2.17. The molecule has 0 aliphatic carbocycles. The number of methoxy groups -OCH3 is 1. The van der Waals surface area contributed by atoms with Crippen LogP contribution in [0.4, 0.5) is 5.69 Å². The van der Waals surface area contributed by atoms with Crippen molar-refractivity contribution in [3.63, 3.8) is 0 Å². The van der Waals surface area contributed by atoms with Crippen molar-refractivity contribution in [2.45, 2.75) is 27.4 Å². The Bertz CT molecular complexity index is 783. The first-order valence-electron chi connectivity index (χ1n) is 8.61. The van der Waals surface area contributed by atoms with E-state index in [2.05, 4.69) is 4.99 Å². The maximum atomic E-state index is 12.5. The van der Waals surface area contributed by atoms with E-state index in [1.807, 2.05) is 57.0 Å². The molecule has 2 aromatic carbocycles. The van der Waals surface area contributed by atoms with Gasteiger partial charge in [0.05, 0.1) is 19.0 Å². The summed E-state index contributed by atoms with van der Waals surface area (Å²) in [7, 11) is 3.52. The first-order valence-corrected chi connectivity index (χ1v) is 8.61. The second-order valence-corrected chi connectivity index (χ2v) is 6.17. The molecule has 0 saturated heterocycles. The molecule has 0 aromatic heterocycles. The molecular formula is C21H26N2O3. The summed E-state index contributed by atoms with van der Waals surface area (Å²) in [5.74, 6) is 0.207. The predicted octanol–water partition coefficient (Wildman–Crippen LogP) is 4.28. The van der Waals surface area contributed by atoms with Crippen LogP contribution >= 0.6 is 0 Å². The number of nitrogens with zero attached hydrogens (tertiary/aromatic N) is 2. The smallest absolute Gasteiger partial charge is 0.338 e. The zero-order valence-corrected chi connectivity index (χ0v) is 16.1. The van der Waals surface area contributed by atoms with Crippen LogP contribution in [0.1, 0.15) is 34.0 Å². The third-order valence-corrected chi connectivity index (χ3v) is 4.19. The highest BCUT2D eigenvalue weighted by molar-refractivity contribution is 5.93. The SMILES string of the molecule is CCN(C)C=Nc1ccc(C(=O)OCc2ccc(C)cc2)c(C)c1OC. The molecule has 5 heteroatoms. The third kappa shape index (κ3) is 4.85. The molecule has 0 fully saturated rings. The summed E-state index contributed by atoms with van der Waals surface area (Å²) in [5.41, 5.74) is 4.01. The number of ether oxygens (including phenoxy) is 2. The molecule has 0 spiro atoms. The van der Waals surface area contributed by atoms with Gasteiger partial charge in [-0.1, -0.05) is 29.8 Å².